The van der Waals surface area contributed by atoms with Gasteiger partial charge in [-0.25, -0.2) is 24.5 Å². The normalized spacial score (nSPS) is 11.5. The van der Waals surface area contributed by atoms with Crippen molar-refractivity contribution in [2.45, 2.75) is 0 Å². The lowest BCUT2D eigenvalue weighted by molar-refractivity contribution is 0.0680. The highest BCUT2D eigenvalue weighted by Gasteiger charge is 2.09. The summed E-state index contributed by atoms with van der Waals surface area (Å²) < 4.78 is 0. The molecule has 0 radical (unpaired) electrons. The molecule has 1 aliphatic heterocycles. The zero-order valence-corrected chi connectivity index (χ0v) is 18.1. The third kappa shape index (κ3) is 8.21. The van der Waals surface area contributed by atoms with Crippen molar-refractivity contribution in [3.63, 3.8) is 0 Å². The van der Waals surface area contributed by atoms with E-state index in [-0.39, 0.29) is 11.4 Å². The quantitative estimate of drug-likeness (QED) is 0.449. The number of nitrogens with zero attached hydrogens (tertiary/aromatic N) is 3. The Morgan fingerprint density at radius 3 is 1.59 bits per heavy atom. The lowest BCUT2D eigenvalue weighted by Crippen LogP contribution is -2.23. The molecule has 32 heavy (non-hydrogen) atoms. The van der Waals surface area contributed by atoms with Gasteiger partial charge >= 0.3 is 11.9 Å². The number of pyridine rings is 2. The minimum Gasteiger partial charge on any atom is -0.477 e. The van der Waals surface area contributed by atoms with Crippen LogP contribution in [0.3, 0.4) is 0 Å². The van der Waals surface area contributed by atoms with Crippen molar-refractivity contribution in [2.24, 2.45) is 4.99 Å². The summed E-state index contributed by atoms with van der Waals surface area (Å²) in [5.41, 5.74) is 0.766. The van der Waals surface area contributed by atoms with E-state index in [0.29, 0.717) is 15.7 Å². The second-order valence-electron chi connectivity index (χ2n) is 5.92. The summed E-state index contributed by atoms with van der Waals surface area (Å²) in [6.07, 6.45) is 2.90. The standard InChI is InChI=1S/C9H9Cl2N3.2C6H5NO2/c10-6-2-1-3-7(11)8(6)14-9-12-4-5-13-9;2*8-6(9)5-3-1-2-4-7-5/h1-3H,4-5H2,(H2,12,13,14);2*1-4H,(H,8,9). The van der Waals surface area contributed by atoms with Crippen molar-refractivity contribution in [3.8, 4) is 0 Å². The van der Waals surface area contributed by atoms with E-state index in [1.54, 1.807) is 42.5 Å². The number of benzene rings is 1. The van der Waals surface area contributed by atoms with Gasteiger partial charge < -0.3 is 20.8 Å². The maximum absolute atomic E-state index is 10.1. The van der Waals surface area contributed by atoms with Crippen LogP contribution in [-0.4, -0.2) is 51.2 Å². The van der Waals surface area contributed by atoms with Gasteiger partial charge in [-0.05, 0) is 36.4 Å². The number of carbonyl (C=O) groups is 2. The topological polar surface area (TPSA) is 137 Å². The predicted molar refractivity (Wildman–Crippen MR) is 122 cm³/mol. The van der Waals surface area contributed by atoms with Gasteiger partial charge in [-0.1, -0.05) is 41.4 Å². The van der Waals surface area contributed by atoms with Crippen LogP contribution in [0.25, 0.3) is 0 Å². The second-order valence-corrected chi connectivity index (χ2v) is 6.74. The van der Waals surface area contributed by atoms with Crippen molar-refractivity contribution in [1.82, 2.24) is 20.6 Å². The van der Waals surface area contributed by atoms with E-state index in [1.807, 2.05) is 0 Å². The number of halogens is 2. The average molecular weight is 476 g/mol. The minimum absolute atomic E-state index is 0.0810. The summed E-state index contributed by atoms with van der Waals surface area (Å²) in [5, 5.41) is 23.9. The Labute approximate surface area is 193 Å². The Balaban J connectivity index is 0.000000178. The molecular weight excluding hydrogens is 457 g/mol. The first-order chi connectivity index (χ1) is 15.4. The van der Waals surface area contributed by atoms with Crippen LogP contribution in [-0.2, 0) is 0 Å². The Bertz CT molecular complexity index is 989. The van der Waals surface area contributed by atoms with E-state index in [2.05, 4.69) is 25.6 Å². The Morgan fingerprint density at radius 1 is 0.781 bits per heavy atom. The third-order valence-electron chi connectivity index (χ3n) is 3.64. The second kappa shape index (κ2) is 12.9. The average Bonchev–Trinajstić information content (AvgIpc) is 3.32. The highest BCUT2D eigenvalue weighted by Crippen LogP contribution is 2.32. The highest BCUT2D eigenvalue weighted by atomic mass is 35.5. The van der Waals surface area contributed by atoms with Gasteiger partial charge in [0.05, 0.1) is 10.0 Å². The first-order valence-electron chi connectivity index (χ1n) is 9.17. The van der Waals surface area contributed by atoms with Crippen molar-refractivity contribution < 1.29 is 19.8 Å². The highest BCUT2D eigenvalue weighted by molar-refractivity contribution is 6.38. The number of guanidine groups is 1. The van der Waals surface area contributed by atoms with Gasteiger partial charge in [0.25, 0.3) is 0 Å². The molecule has 1 fully saturated rings. The number of carboxylic acids is 2. The van der Waals surface area contributed by atoms with E-state index < -0.39 is 11.9 Å². The molecule has 0 spiro atoms. The van der Waals surface area contributed by atoms with E-state index in [1.165, 1.54) is 24.5 Å². The van der Waals surface area contributed by atoms with Crippen molar-refractivity contribution in [2.75, 3.05) is 13.1 Å². The number of carboxylic acid groups (broad SMARTS) is 2. The number of nitrogens with one attached hydrogen (secondary N) is 2. The van der Waals surface area contributed by atoms with Crippen LogP contribution in [0.4, 0.5) is 5.69 Å². The number of aromatic carboxylic acids is 2. The summed E-state index contributed by atoms with van der Waals surface area (Å²) in [5.74, 6) is -1.26. The van der Waals surface area contributed by atoms with Crippen molar-refractivity contribution in [3.05, 3.63) is 88.4 Å². The molecule has 11 heteroatoms. The minimum atomic E-state index is -0.990. The lowest BCUT2D eigenvalue weighted by atomic mass is 10.3. The van der Waals surface area contributed by atoms with Crippen molar-refractivity contribution >= 4 is 46.8 Å². The summed E-state index contributed by atoms with van der Waals surface area (Å²) in [4.78, 5) is 31.7. The molecule has 1 aliphatic rings. The fourth-order valence-corrected chi connectivity index (χ4v) is 2.67. The molecule has 0 aliphatic carbocycles. The molecule has 0 bridgehead atoms. The van der Waals surface area contributed by atoms with Gasteiger partial charge in [-0.15, -0.1) is 0 Å². The number of hydrogen-bond donors (Lipinski definition) is 4. The molecule has 1 saturated heterocycles. The fraction of sp³-hybridized carbons (Fsp3) is 0.0952. The van der Waals surface area contributed by atoms with Crippen molar-refractivity contribution in [1.29, 1.82) is 0 Å². The van der Waals surface area contributed by atoms with Gasteiger partial charge in [0.2, 0.25) is 0 Å². The first kappa shape index (κ1) is 24.6. The zero-order valence-electron chi connectivity index (χ0n) is 16.6. The molecular formula is C21H19Cl2N5O4. The lowest BCUT2D eigenvalue weighted by Gasteiger charge is -2.02. The maximum Gasteiger partial charge on any atom is 0.354 e. The van der Waals surface area contributed by atoms with Crippen LogP contribution in [0.2, 0.25) is 10.0 Å². The number of aromatic nitrogens is 2. The molecule has 0 amide bonds. The zero-order chi connectivity index (χ0) is 23.3. The van der Waals surface area contributed by atoms with Crippen LogP contribution in [0.1, 0.15) is 21.0 Å². The molecule has 4 rings (SSSR count). The van der Waals surface area contributed by atoms with Crippen LogP contribution in [0.5, 0.6) is 0 Å². The van der Waals surface area contributed by atoms with Gasteiger partial charge in [0.1, 0.15) is 17.1 Å². The molecule has 4 N–H and O–H groups in total. The molecule has 0 unspecified atom stereocenters. The fourth-order valence-electron chi connectivity index (χ4n) is 2.19. The number of aliphatic imine (C=N–C) groups is 1. The largest absolute Gasteiger partial charge is 0.477 e. The molecule has 166 valence electrons. The number of para-hydroxylation sites is 1. The Morgan fingerprint density at radius 2 is 1.25 bits per heavy atom. The monoisotopic (exact) mass is 475 g/mol. The van der Waals surface area contributed by atoms with Crippen LogP contribution < -0.4 is 10.6 Å². The molecule has 1 aromatic carbocycles. The SMILES string of the molecule is Clc1cccc(Cl)c1N=C1NCCN1.O=C(O)c1ccccn1.O=C(O)c1ccccn1. The van der Waals surface area contributed by atoms with Crippen LogP contribution in [0.15, 0.2) is 72.0 Å². The number of hydrogen-bond acceptors (Lipinski definition) is 5. The van der Waals surface area contributed by atoms with Gasteiger partial charge in [0.15, 0.2) is 5.96 Å². The van der Waals surface area contributed by atoms with E-state index in [0.717, 1.165) is 19.0 Å². The molecule has 9 nitrogen and oxygen atoms in total. The maximum atomic E-state index is 10.1. The summed E-state index contributed by atoms with van der Waals surface area (Å²) in [6.45, 7) is 1.75. The smallest absolute Gasteiger partial charge is 0.354 e. The third-order valence-corrected chi connectivity index (χ3v) is 4.25. The summed E-state index contributed by atoms with van der Waals surface area (Å²) in [7, 11) is 0. The van der Waals surface area contributed by atoms with E-state index in [4.69, 9.17) is 33.4 Å². The first-order valence-corrected chi connectivity index (χ1v) is 9.93. The number of rotatable bonds is 3. The summed E-state index contributed by atoms with van der Waals surface area (Å²) in [6, 6.07) is 14.8. The molecule has 3 aromatic rings. The molecule has 3 heterocycles. The van der Waals surface area contributed by atoms with Crippen LogP contribution in [0, 0.1) is 0 Å². The van der Waals surface area contributed by atoms with Gasteiger partial charge in [-0.2, -0.15) is 0 Å². The molecule has 2 aromatic heterocycles. The van der Waals surface area contributed by atoms with Crippen LogP contribution >= 0.6 is 23.2 Å². The Hall–Kier alpha value is -3.69. The summed E-state index contributed by atoms with van der Waals surface area (Å²) >= 11 is 11.9. The molecule has 0 saturated carbocycles. The Kier molecular flexibility index (Phi) is 9.89. The van der Waals surface area contributed by atoms with Gasteiger partial charge in [0, 0.05) is 25.5 Å². The van der Waals surface area contributed by atoms with E-state index in [9.17, 15) is 9.59 Å². The van der Waals surface area contributed by atoms with E-state index >= 15 is 0 Å². The van der Waals surface area contributed by atoms with Gasteiger partial charge in [-0.3, -0.25) is 0 Å². The molecule has 0 atom stereocenters. The predicted octanol–water partition coefficient (Wildman–Crippen LogP) is 3.73.